The van der Waals surface area contributed by atoms with Crippen LogP contribution in [0.2, 0.25) is 5.02 Å². The highest BCUT2D eigenvalue weighted by atomic mass is 35.5. The van der Waals surface area contributed by atoms with E-state index in [0.29, 0.717) is 5.02 Å². The molecule has 0 saturated heterocycles. The normalized spacial score (nSPS) is 11.4. The molecule has 1 heterocycles. The van der Waals surface area contributed by atoms with Crippen molar-refractivity contribution in [1.82, 2.24) is 15.1 Å². The average molecular weight is 257 g/mol. The molecule has 88 valence electrons. The summed E-state index contributed by atoms with van der Waals surface area (Å²) in [4.78, 5) is 1.50. The summed E-state index contributed by atoms with van der Waals surface area (Å²) in [6.07, 6.45) is 1.72. The first kappa shape index (κ1) is 10.9. The van der Waals surface area contributed by atoms with Gasteiger partial charge in [0.05, 0.1) is 6.21 Å². The molecule has 0 N–H and O–H groups in total. The number of halogens is 1. The van der Waals surface area contributed by atoms with Gasteiger partial charge in [0, 0.05) is 5.02 Å². The zero-order valence-electron chi connectivity index (χ0n) is 9.36. The standard InChI is InChI=1S/C13H9ClN4/c14-11-7-5-10(6-8-11)9-15-18-13-4-2-1-3-12(13)16-17-18/h1-9H. The molecule has 0 fully saturated rings. The Kier molecular flexibility index (Phi) is 2.78. The van der Waals surface area contributed by atoms with Crippen molar-refractivity contribution in [3.05, 3.63) is 59.1 Å². The second kappa shape index (κ2) is 4.58. The summed E-state index contributed by atoms with van der Waals surface area (Å²) >= 11 is 5.82. The Balaban J connectivity index is 1.94. The Hall–Kier alpha value is -2.20. The van der Waals surface area contributed by atoms with Crippen LogP contribution in [-0.4, -0.2) is 21.3 Å². The van der Waals surface area contributed by atoms with E-state index in [4.69, 9.17) is 11.6 Å². The molecule has 3 aromatic rings. The molecule has 4 nitrogen and oxygen atoms in total. The van der Waals surface area contributed by atoms with Crippen molar-refractivity contribution < 1.29 is 0 Å². The summed E-state index contributed by atoms with van der Waals surface area (Å²) in [5.74, 6) is 0. The topological polar surface area (TPSA) is 43.1 Å². The van der Waals surface area contributed by atoms with Crippen molar-refractivity contribution in [3.63, 3.8) is 0 Å². The predicted molar refractivity (Wildman–Crippen MR) is 72.0 cm³/mol. The molecule has 0 aliphatic rings. The van der Waals surface area contributed by atoms with Gasteiger partial charge in [-0.25, -0.2) is 0 Å². The number of aromatic nitrogens is 3. The molecule has 0 unspecified atom stereocenters. The maximum absolute atomic E-state index is 5.82. The third kappa shape index (κ3) is 2.10. The molecule has 0 bridgehead atoms. The number of hydrogen-bond acceptors (Lipinski definition) is 3. The fourth-order valence-electron chi connectivity index (χ4n) is 1.61. The Bertz CT molecular complexity index is 700. The SMILES string of the molecule is Clc1ccc(C=Nn2nnc3ccccc32)cc1. The number of nitrogens with zero attached hydrogens (tertiary/aromatic N) is 4. The monoisotopic (exact) mass is 256 g/mol. The molecule has 5 heteroatoms. The summed E-state index contributed by atoms with van der Waals surface area (Å²) in [5, 5.41) is 13.0. The second-order valence-electron chi connectivity index (χ2n) is 3.76. The van der Waals surface area contributed by atoms with E-state index in [2.05, 4.69) is 15.4 Å². The maximum Gasteiger partial charge on any atom is 0.115 e. The minimum atomic E-state index is 0.707. The molecular weight excluding hydrogens is 248 g/mol. The molecule has 0 aliphatic heterocycles. The molecule has 0 saturated carbocycles. The maximum atomic E-state index is 5.82. The zero-order valence-corrected chi connectivity index (χ0v) is 10.1. The Morgan fingerprint density at radius 2 is 1.83 bits per heavy atom. The van der Waals surface area contributed by atoms with Crippen molar-refractivity contribution in [2.24, 2.45) is 5.10 Å². The first-order valence-corrected chi connectivity index (χ1v) is 5.81. The summed E-state index contributed by atoms with van der Waals surface area (Å²) < 4.78 is 0. The van der Waals surface area contributed by atoms with Gasteiger partial charge in [-0.05, 0) is 35.0 Å². The van der Waals surface area contributed by atoms with Gasteiger partial charge in [0.1, 0.15) is 11.0 Å². The van der Waals surface area contributed by atoms with Gasteiger partial charge in [0.2, 0.25) is 0 Å². The van der Waals surface area contributed by atoms with Gasteiger partial charge in [0.15, 0.2) is 0 Å². The van der Waals surface area contributed by atoms with Gasteiger partial charge < -0.3 is 0 Å². The lowest BCUT2D eigenvalue weighted by molar-refractivity contribution is 0.718. The van der Waals surface area contributed by atoms with Crippen LogP contribution >= 0.6 is 11.6 Å². The summed E-state index contributed by atoms with van der Waals surface area (Å²) in [6.45, 7) is 0. The van der Waals surface area contributed by atoms with Crippen LogP contribution in [0.1, 0.15) is 5.56 Å². The van der Waals surface area contributed by atoms with E-state index in [0.717, 1.165) is 16.6 Å². The molecule has 18 heavy (non-hydrogen) atoms. The molecule has 0 amide bonds. The van der Waals surface area contributed by atoms with Gasteiger partial charge in [0.25, 0.3) is 0 Å². The molecule has 0 aliphatic carbocycles. The van der Waals surface area contributed by atoms with Gasteiger partial charge in [-0.1, -0.05) is 35.9 Å². The average Bonchev–Trinajstić information content (AvgIpc) is 2.82. The van der Waals surface area contributed by atoms with Crippen molar-refractivity contribution >= 4 is 28.8 Å². The third-order valence-corrected chi connectivity index (χ3v) is 2.77. The van der Waals surface area contributed by atoms with E-state index in [1.807, 2.05) is 48.5 Å². The molecule has 3 rings (SSSR count). The number of rotatable bonds is 2. The molecule has 0 atom stereocenters. The third-order valence-electron chi connectivity index (χ3n) is 2.52. The summed E-state index contributed by atoms with van der Waals surface area (Å²) in [7, 11) is 0. The first-order valence-electron chi connectivity index (χ1n) is 5.43. The van der Waals surface area contributed by atoms with E-state index in [1.54, 1.807) is 6.21 Å². The van der Waals surface area contributed by atoms with E-state index in [9.17, 15) is 0 Å². The quantitative estimate of drug-likeness (QED) is 0.662. The Morgan fingerprint density at radius 3 is 2.67 bits per heavy atom. The van der Waals surface area contributed by atoms with Crippen LogP contribution in [0.15, 0.2) is 53.6 Å². The Morgan fingerprint density at radius 1 is 1.06 bits per heavy atom. The van der Waals surface area contributed by atoms with E-state index < -0.39 is 0 Å². The highest BCUT2D eigenvalue weighted by Gasteiger charge is 2.00. The lowest BCUT2D eigenvalue weighted by Crippen LogP contribution is -1.92. The molecule has 0 spiro atoms. The van der Waals surface area contributed by atoms with E-state index in [1.165, 1.54) is 4.79 Å². The highest BCUT2D eigenvalue weighted by Crippen LogP contribution is 2.10. The summed E-state index contributed by atoms with van der Waals surface area (Å²) in [5.41, 5.74) is 2.66. The lowest BCUT2D eigenvalue weighted by Gasteiger charge is -1.94. The van der Waals surface area contributed by atoms with Crippen LogP contribution in [0.5, 0.6) is 0 Å². The smallest absolute Gasteiger partial charge is 0.115 e. The van der Waals surface area contributed by atoms with Crippen molar-refractivity contribution in [2.45, 2.75) is 0 Å². The number of benzene rings is 2. The van der Waals surface area contributed by atoms with Crippen LogP contribution in [0, 0.1) is 0 Å². The number of fused-ring (bicyclic) bond motifs is 1. The molecule has 1 aromatic heterocycles. The van der Waals surface area contributed by atoms with Crippen LogP contribution in [0.4, 0.5) is 0 Å². The van der Waals surface area contributed by atoms with Crippen molar-refractivity contribution in [1.29, 1.82) is 0 Å². The van der Waals surface area contributed by atoms with Gasteiger partial charge >= 0.3 is 0 Å². The van der Waals surface area contributed by atoms with E-state index in [-0.39, 0.29) is 0 Å². The number of hydrogen-bond donors (Lipinski definition) is 0. The second-order valence-corrected chi connectivity index (χ2v) is 4.20. The largest absolute Gasteiger partial charge is 0.156 e. The van der Waals surface area contributed by atoms with Gasteiger partial charge in [-0.3, -0.25) is 0 Å². The molecule has 2 aromatic carbocycles. The minimum absolute atomic E-state index is 0.707. The molecular formula is C13H9ClN4. The van der Waals surface area contributed by atoms with Crippen LogP contribution in [-0.2, 0) is 0 Å². The fourth-order valence-corrected chi connectivity index (χ4v) is 1.74. The molecule has 0 radical (unpaired) electrons. The highest BCUT2D eigenvalue weighted by molar-refractivity contribution is 6.30. The van der Waals surface area contributed by atoms with Crippen molar-refractivity contribution in [2.75, 3.05) is 0 Å². The Labute approximate surface area is 108 Å². The lowest BCUT2D eigenvalue weighted by atomic mass is 10.2. The predicted octanol–water partition coefficient (Wildman–Crippen LogP) is 2.97. The van der Waals surface area contributed by atoms with Gasteiger partial charge in [-0.15, -0.1) is 9.89 Å². The zero-order chi connectivity index (χ0) is 12.4. The number of para-hydroxylation sites is 1. The van der Waals surface area contributed by atoms with Crippen molar-refractivity contribution in [3.8, 4) is 0 Å². The first-order chi connectivity index (χ1) is 8.83. The van der Waals surface area contributed by atoms with E-state index >= 15 is 0 Å². The van der Waals surface area contributed by atoms with Gasteiger partial charge in [-0.2, -0.15) is 5.10 Å². The minimum Gasteiger partial charge on any atom is -0.156 e. The van der Waals surface area contributed by atoms with Crippen LogP contribution in [0.3, 0.4) is 0 Å². The summed E-state index contributed by atoms with van der Waals surface area (Å²) in [6, 6.07) is 15.1. The van der Waals surface area contributed by atoms with Crippen LogP contribution in [0.25, 0.3) is 11.0 Å². The van der Waals surface area contributed by atoms with Crippen LogP contribution < -0.4 is 0 Å². The fraction of sp³-hybridized carbons (Fsp3) is 0.